The van der Waals surface area contributed by atoms with Crippen LogP contribution in [0.3, 0.4) is 0 Å². The number of hydrogen-bond acceptors (Lipinski definition) is 5. The Bertz CT molecular complexity index is 1060. The normalized spacial score (nSPS) is 12.0. The van der Waals surface area contributed by atoms with Crippen molar-refractivity contribution in [1.82, 2.24) is 14.8 Å². The Labute approximate surface area is 171 Å². The molecule has 1 heterocycles. The average Bonchev–Trinajstić information content (AvgIpc) is 3.09. The molecule has 30 heavy (non-hydrogen) atoms. The van der Waals surface area contributed by atoms with Crippen molar-refractivity contribution in [1.29, 1.82) is 0 Å². The Kier molecular flexibility index (Phi) is 5.56. The zero-order chi connectivity index (χ0) is 22.1. The van der Waals surface area contributed by atoms with Crippen molar-refractivity contribution in [2.24, 2.45) is 7.05 Å². The van der Waals surface area contributed by atoms with Crippen LogP contribution in [0.1, 0.15) is 35.6 Å². The molecular formula is C21H20F3N3O3. The van der Waals surface area contributed by atoms with Crippen LogP contribution in [0.15, 0.2) is 48.5 Å². The molecule has 158 valence electrons. The van der Waals surface area contributed by atoms with Gasteiger partial charge in [0.15, 0.2) is 17.2 Å². The highest BCUT2D eigenvalue weighted by atomic mass is 19.4. The van der Waals surface area contributed by atoms with Crippen molar-refractivity contribution < 1.29 is 27.4 Å². The largest absolute Gasteiger partial charge is 0.480 e. The molecule has 0 saturated heterocycles. The van der Waals surface area contributed by atoms with Crippen LogP contribution < -0.4 is 4.74 Å². The molecule has 0 N–H and O–H groups in total. The highest BCUT2D eigenvalue weighted by molar-refractivity contribution is 5.89. The minimum absolute atomic E-state index is 0.0653. The summed E-state index contributed by atoms with van der Waals surface area (Å²) in [5.74, 6) is 0.400. The van der Waals surface area contributed by atoms with Crippen molar-refractivity contribution in [2.75, 3.05) is 7.11 Å². The molecule has 3 aromatic rings. The van der Waals surface area contributed by atoms with Gasteiger partial charge in [-0.15, -0.1) is 10.2 Å². The first-order valence-electron chi connectivity index (χ1n) is 8.98. The number of nitrogens with zero attached hydrogens (tertiary/aromatic N) is 3. The lowest BCUT2D eigenvalue weighted by Crippen LogP contribution is -2.29. The molecule has 0 spiro atoms. The van der Waals surface area contributed by atoms with E-state index in [0.29, 0.717) is 17.1 Å². The van der Waals surface area contributed by atoms with Gasteiger partial charge in [-0.1, -0.05) is 18.2 Å². The van der Waals surface area contributed by atoms with Gasteiger partial charge in [0.2, 0.25) is 0 Å². The maximum atomic E-state index is 13.4. The molecule has 0 atom stereocenters. The average molecular weight is 419 g/mol. The number of ether oxygens (including phenoxy) is 2. The summed E-state index contributed by atoms with van der Waals surface area (Å²) in [6, 6.07) is 11.5. The number of aromatic nitrogens is 3. The second kappa shape index (κ2) is 7.81. The van der Waals surface area contributed by atoms with E-state index < -0.39 is 23.3 Å². The first-order chi connectivity index (χ1) is 14.0. The summed E-state index contributed by atoms with van der Waals surface area (Å²) in [7, 11) is 2.88. The van der Waals surface area contributed by atoms with Crippen molar-refractivity contribution in [2.45, 2.75) is 25.6 Å². The first kappa shape index (κ1) is 21.4. The van der Waals surface area contributed by atoms with E-state index in [9.17, 15) is 18.0 Å². The fourth-order valence-electron chi connectivity index (χ4n) is 3.13. The van der Waals surface area contributed by atoms with Crippen LogP contribution in [0.25, 0.3) is 11.4 Å². The molecule has 3 rings (SSSR count). The van der Waals surface area contributed by atoms with Crippen molar-refractivity contribution in [3.8, 4) is 17.1 Å². The number of methoxy groups -OCH3 is 1. The van der Waals surface area contributed by atoms with Crippen LogP contribution in [0, 0.1) is 0 Å². The van der Waals surface area contributed by atoms with Crippen LogP contribution in [0.5, 0.6) is 5.75 Å². The third-order valence-electron chi connectivity index (χ3n) is 4.54. The van der Waals surface area contributed by atoms with E-state index in [2.05, 4.69) is 14.9 Å². The molecule has 0 aliphatic carbocycles. The lowest BCUT2D eigenvalue weighted by molar-refractivity contribution is -0.137. The summed E-state index contributed by atoms with van der Waals surface area (Å²) in [6.45, 7) is 3.45. The summed E-state index contributed by atoms with van der Waals surface area (Å²) in [5.41, 5.74) is -1.50. The summed E-state index contributed by atoms with van der Waals surface area (Å²) < 4.78 is 52.3. The lowest BCUT2D eigenvalue weighted by Gasteiger charge is -2.25. The summed E-state index contributed by atoms with van der Waals surface area (Å²) in [5, 5.41) is 8.08. The van der Waals surface area contributed by atoms with E-state index in [0.717, 1.165) is 6.07 Å². The Morgan fingerprint density at radius 3 is 2.23 bits per heavy atom. The Morgan fingerprint density at radius 2 is 1.63 bits per heavy atom. The molecule has 0 bridgehead atoms. The molecule has 0 unspecified atom stereocenters. The zero-order valence-corrected chi connectivity index (χ0v) is 16.8. The third kappa shape index (κ3) is 4.14. The number of rotatable bonds is 5. The second-order valence-corrected chi connectivity index (χ2v) is 7.08. The van der Waals surface area contributed by atoms with Gasteiger partial charge in [-0.3, -0.25) is 0 Å². The third-order valence-corrected chi connectivity index (χ3v) is 4.54. The molecule has 6 nitrogen and oxygen atoms in total. The van der Waals surface area contributed by atoms with Crippen LogP contribution in [0.2, 0.25) is 0 Å². The molecule has 0 aliphatic rings. The molecule has 0 amide bonds. The fourth-order valence-corrected chi connectivity index (χ4v) is 3.13. The van der Waals surface area contributed by atoms with Gasteiger partial charge in [-0.2, -0.15) is 13.2 Å². The molecule has 0 radical (unpaired) electrons. The molecule has 0 saturated carbocycles. The Hall–Kier alpha value is -3.36. The van der Waals surface area contributed by atoms with E-state index in [-0.39, 0.29) is 11.4 Å². The lowest BCUT2D eigenvalue weighted by atomic mass is 10.1. The molecule has 0 aliphatic heterocycles. The van der Waals surface area contributed by atoms with Crippen LogP contribution >= 0.6 is 0 Å². The Morgan fingerprint density at radius 1 is 1.00 bits per heavy atom. The van der Waals surface area contributed by atoms with Gasteiger partial charge < -0.3 is 14.0 Å². The van der Waals surface area contributed by atoms with Crippen LogP contribution in [-0.4, -0.2) is 27.8 Å². The predicted octanol–water partition coefficient (Wildman–Crippen LogP) is 4.60. The number of carbonyl (C=O) groups excluding carboxylic acids is 1. The highest BCUT2D eigenvalue weighted by Gasteiger charge is 2.36. The number of halogens is 3. The summed E-state index contributed by atoms with van der Waals surface area (Å²) >= 11 is 0. The van der Waals surface area contributed by atoms with Gasteiger partial charge in [0, 0.05) is 12.6 Å². The van der Waals surface area contributed by atoms with Crippen LogP contribution in [0.4, 0.5) is 13.2 Å². The van der Waals surface area contributed by atoms with Gasteiger partial charge >= 0.3 is 12.1 Å². The quantitative estimate of drug-likeness (QED) is 0.566. The molecule has 1 aromatic heterocycles. The SMILES string of the molecule is COC(=O)c1ccc(OC(C)(C)c2nnc(-c3ccccc3C(F)(F)F)n2C)cc1. The van der Waals surface area contributed by atoms with Crippen molar-refractivity contribution in [3.63, 3.8) is 0 Å². The van der Waals surface area contributed by atoms with E-state index in [4.69, 9.17) is 4.74 Å². The minimum atomic E-state index is -4.52. The van der Waals surface area contributed by atoms with Gasteiger partial charge in [-0.25, -0.2) is 4.79 Å². The smallest absolute Gasteiger partial charge is 0.417 e. The van der Waals surface area contributed by atoms with Crippen LogP contribution in [-0.2, 0) is 23.6 Å². The van der Waals surface area contributed by atoms with E-state index in [1.807, 2.05) is 0 Å². The topological polar surface area (TPSA) is 66.2 Å². The number of alkyl halides is 3. The summed E-state index contributed by atoms with van der Waals surface area (Å²) in [4.78, 5) is 11.5. The van der Waals surface area contributed by atoms with Crippen molar-refractivity contribution >= 4 is 5.97 Å². The van der Waals surface area contributed by atoms with E-state index in [1.165, 1.54) is 29.9 Å². The highest BCUT2D eigenvalue weighted by Crippen LogP contribution is 2.37. The van der Waals surface area contributed by atoms with Gasteiger partial charge in [0.05, 0.1) is 18.2 Å². The molecule has 0 fully saturated rings. The number of hydrogen-bond donors (Lipinski definition) is 0. The van der Waals surface area contributed by atoms with Gasteiger partial charge in [0.1, 0.15) is 5.75 Å². The maximum absolute atomic E-state index is 13.4. The zero-order valence-electron chi connectivity index (χ0n) is 16.8. The standard InChI is InChI=1S/C21H20F3N3O3/c1-20(2,30-14-11-9-13(10-12-14)18(28)29-4)19-26-25-17(27(19)3)15-7-5-6-8-16(15)21(22,23)24/h5-12H,1-4H3. The monoisotopic (exact) mass is 419 g/mol. The molecule has 9 heteroatoms. The predicted molar refractivity (Wildman–Crippen MR) is 103 cm³/mol. The van der Waals surface area contributed by atoms with Crippen molar-refractivity contribution in [3.05, 3.63) is 65.5 Å². The van der Waals surface area contributed by atoms with E-state index >= 15 is 0 Å². The number of carbonyl (C=O) groups is 1. The van der Waals surface area contributed by atoms with Gasteiger partial charge in [0.25, 0.3) is 0 Å². The number of esters is 1. The second-order valence-electron chi connectivity index (χ2n) is 7.08. The minimum Gasteiger partial charge on any atom is -0.480 e. The first-order valence-corrected chi connectivity index (χ1v) is 8.98. The fraction of sp³-hybridized carbons (Fsp3) is 0.286. The van der Waals surface area contributed by atoms with E-state index in [1.54, 1.807) is 45.2 Å². The molecular weight excluding hydrogens is 399 g/mol. The number of benzene rings is 2. The Balaban J connectivity index is 1.92. The van der Waals surface area contributed by atoms with Gasteiger partial charge in [-0.05, 0) is 44.2 Å². The maximum Gasteiger partial charge on any atom is 0.417 e. The molecule has 2 aromatic carbocycles. The summed E-state index contributed by atoms with van der Waals surface area (Å²) in [6.07, 6.45) is -4.52.